The number of ether oxygens (including phenoxy) is 1. The Bertz CT molecular complexity index is 612. The average Bonchev–Trinajstić information content (AvgIpc) is 2.81. The van der Waals surface area contributed by atoms with Crippen LogP contribution in [0.5, 0.6) is 0 Å². The first-order valence-corrected chi connectivity index (χ1v) is 6.49. The fourth-order valence-electron chi connectivity index (χ4n) is 1.77. The maximum atomic E-state index is 12.2. The van der Waals surface area contributed by atoms with Crippen LogP contribution in [0.3, 0.4) is 0 Å². The Labute approximate surface area is 121 Å². The maximum Gasteiger partial charge on any atom is 0.273 e. The first kappa shape index (κ1) is 14.5. The number of methoxy groups -OCH3 is 1. The minimum atomic E-state index is -0.263. The number of hydrogen-bond acceptors (Lipinski definition) is 4. The number of hydrogen-bond donors (Lipinski definition) is 1. The molecule has 2 aromatic rings. The topological polar surface area (TPSA) is 69.0 Å². The van der Waals surface area contributed by atoms with Crippen LogP contribution in [0, 0.1) is 0 Å². The van der Waals surface area contributed by atoms with Gasteiger partial charge in [-0.25, -0.2) is 9.97 Å². The Morgan fingerprint density at radius 3 is 3.05 bits per heavy atom. The molecule has 20 heavy (non-hydrogen) atoms. The van der Waals surface area contributed by atoms with Crippen molar-refractivity contribution in [3.05, 3.63) is 41.1 Å². The van der Waals surface area contributed by atoms with Crippen molar-refractivity contribution in [3.8, 4) is 0 Å². The van der Waals surface area contributed by atoms with Crippen LogP contribution in [-0.4, -0.2) is 27.6 Å². The van der Waals surface area contributed by atoms with Gasteiger partial charge in [-0.2, -0.15) is 0 Å². The van der Waals surface area contributed by atoms with E-state index in [9.17, 15) is 4.79 Å². The van der Waals surface area contributed by atoms with Crippen molar-refractivity contribution in [3.63, 3.8) is 0 Å². The standard InChI is InChI=1S/C13H15ClN4O2/c1-3-18-7-9(14)6-10(18)13(19)17-11-4-5-15-12(16-11)8-20-2/h4-7H,3,8H2,1-2H3,(H,15,16,17,19). The van der Waals surface area contributed by atoms with Gasteiger partial charge in [-0.15, -0.1) is 0 Å². The van der Waals surface area contributed by atoms with Crippen LogP contribution in [0.2, 0.25) is 5.02 Å². The second kappa shape index (κ2) is 6.49. The molecular formula is C13H15ClN4O2. The van der Waals surface area contributed by atoms with Crippen molar-refractivity contribution in [2.24, 2.45) is 0 Å². The number of nitrogens with zero attached hydrogens (tertiary/aromatic N) is 3. The molecule has 0 aliphatic carbocycles. The number of carbonyl (C=O) groups excluding carboxylic acids is 1. The molecule has 7 heteroatoms. The van der Waals surface area contributed by atoms with Gasteiger partial charge in [0.2, 0.25) is 0 Å². The number of aromatic nitrogens is 3. The highest BCUT2D eigenvalue weighted by molar-refractivity contribution is 6.31. The average molecular weight is 295 g/mol. The number of halogens is 1. The van der Waals surface area contributed by atoms with Crippen LogP contribution >= 0.6 is 11.6 Å². The predicted molar refractivity (Wildman–Crippen MR) is 75.8 cm³/mol. The van der Waals surface area contributed by atoms with E-state index >= 15 is 0 Å². The summed E-state index contributed by atoms with van der Waals surface area (Å²) < 4.78 is 6.73. The largest absolute Gasteiger partial charge is 0.377 e. The number of anilines is 1. The lowest BCUT2D eigenvalue weighted by Crippen LogP contribution is -2.17. The Kier molecular flexibility index (Phi) is 4.70. The van der Waals surface area contributed by atoms with E-state index in [0.29, 0.717) is 35.5 Å². The normalized spacial score (nSPS) is 10.6. The smallest absolute Gasteiger partial charge is 0.273 e. The molecule has 2 heterocycles. The van der Waals surface area contributed by atoms with Crippen LogP contribution < -0.4 is 5.32 Å². The van der Waals surface area contributed by atoms with Crippen LogP contribution in [0.15, 0.2) is 24.5 Å². The van der Waals surface area contributed by atoms with Gasteiger partial charge < -0.3 is 14.6 Å². The van der Waals surface area contributed by atoms with Crippen molar-refractivity contribution in [2.75, 3.05) is 12.4 Å². The highest BCUT2D eigenvalue weighted by Gasteiger charge is 2.13. The maximum absolute atomic E-state index is 12.2. The van der Waals surface area contributed by atoms with Gasteiger partial charge >= 0.3 is 0 Å². The third-order valence-electron chi connectivity index (χ3n) is 2.66. The Hall–Kier alpha value is -1.92. The van der Waals surface area contributed by atoms with E-state index in [2.05, 4.69) is 15.3 Å². The Morgan fingerprint density at radius 2 is 2.35 bits per heavy atom. The molecule has 0 radical (unpaired) electrons. The Balaban J connectivity index is 2.16. The summed E-state index contributed by atoms with van der Waals surface area (Å²) in [5.74, 6) is 0.673. The zero-order valence-corrected chi connectivity index (χ0v) is 12.0. The second-order valence-electron chi connectivity index (χ2n) is 4.07. The Morgan fingerprint density at radius 1 is 1.55 bits per heavy atom. The van der Waals surface area contributed by atoms with Crippen LogP contribution in [0.1, 0.15) is 23.2 Å². The lowest BCUT2D eigenvalue weighted by molar-refractivity contribution is 0.101. The summed E-state index contributed by atoms with van der Waals surface area (Å²) in [5.41, 5.74) is 0.490. The van der Waals surface area contributed by atoms with Crippen LogP contribution in [0.4, 0.5) is 5.82 Å². The molecule has 2 aromatic heterocycles. The van der Waals surface area contributed by atoms with Crippen LogP contribution in [-0.2, 0) is 17.9 Å². The van der Waals surface area contributed by atoms with E-state index < -0.39 is 0 Å². The van der Waals surface area contributed by atoms with Gasteiger partial charge in [-0.05, 0) is 19.1 Å². The molecule has 0 aliphatic rings. The van der Waals surface area contributed by atoms with Crippen molar-refractivity contribution < 1.29 is 9.53 Å². The highest BCUT2D eigenvalue weighted by Crippen LogP contribution is 2.15. The van der Waals surface area contributed by atoms with Crippen molar-refractivity contribution in [1.82, 2.24) is 14.5 Å². The quantitative estimate of drug-likeness (QED) is 0.919. The summed E-state index contributed by atoms with van der Waals surface area (Å²) in [5, 5.41) is 3.25. The fourth-order valence-corrected chi connectivity index (χ4v) is 2.00. The van der Waals surface area contributed by atoms with Gasteiger partial charge in [0.1, 0.15) is 18.1 Å². The van der Waals surface area contributed by atoms with Gasteiger partial charge in [0, 0.05) is 26.0 Å². The summed E-state index contributed by atoms with van der Waals surface area (Å²) in [6.07, 6.45) is 3.29. The van der Waals surface area contributed by atoms with E-state index in [1.165, 1.54) is 0 Å². The zero-order valence-electron chi connectivity index (χ0n) is 11.3. The lowest BCUT2D eigenvalue weighted by atomic mass is 10.4. The zero-order chi connectivity index (χ0) is 14.5. The van der Waals surface area contributed by atoms with E-state index in [1.54, 1.807) is 36.2 Å². The van der Waals surface area contributed by atoms with Crippen molar-refractivity contribution in [2.45, 2.75) is 20.1 Å². The molecule has 0 unspecified atom stereocenters. The number of carbonyl (C=O) groups is 1. The molecule has 106 valence electrons. The molecule has 0 spiro atoms. The number of rotatable bonds is 5. The summed E-state index contributed by atoms with van der Waals surface area (Å²) in [6, 6.07) is 3.25. The van der Waals surface area contributed by atoms with Gasteiger partial charge in [-0.3, -0.25) is 4.79 Å². The summed E-state index contributed by atoms with van der Waals surface area (Å²) in [7, 11) is 1.56. The van der Waals surface area contributed by atoms with E-state index in [0.717, 1.165) is 0 Å². The molecule has 0 aliphatic heterocycles. The SMILES string of the molecule is CCn1cc(Cl)cc1C(=O)Nc1ccnc(COC)n1. The van der Waals surface area contributed by atoms with Crippen molar-refractivity contribution in [1.29, 1.82) is 0 Å². The number of amides is 1. The summed E-state index contributed by atoms with van der Waals surface area (Å²) in [4.78, 5) is 20.4. The van der Waals surface area contributed by atoms with Gasteiger partial charge in [0.25, 0.3) is 5.91 Å². The number of nitrogens with one attached hydrogen (secondary N) is 1. The minimum absolute atomic E-state index is 0.263. The van der Waals surface area contributed by atoms with E-state index in [1.807, 2.05) is 6.92 Å². The minimum Gasteiger partial charge on any atom is -0.377 e. The monoisotopic (exact) mass is 294 g/mol. The highest BCUT2D eigenvalue weighted by atomic mass is 35.5. The van der Waals surface area contributed by atoms with E-state index in [-0.39, 0.29) is 5.91 Å². The van der Waals surface area contributed by atoms with E-state index in [4.69, 9.17) is 16.3 Å². The molecule has 6 nitrogen and oxygen atoms in total. The first-order chi connectivity index (χ1) is 9.63. The molecule has 0 saturated carbocycles. The lowest BCUT2D eigenvalue weighted by Gasteiger charge is -2.07. The molecule has 0 saturated heterocycles. The third-order valence-corrected chi connectivity index (χ3v) is 2.86. The molecule has 0 bridgehead atoms. The summed E-state index contributed by atoms with van der Waals surface area (Å²) in [6.45, 7) is 2.89. The summed E-state index contributed by atoms with van der Waals surface area (Å²) >= 11 is 5.91. The van der Waals surface area contributed by atoms with Crippen LogP contribution in [0.25, 0.3) is 0 Å². The molecule has 1 amide bonds. The van der Waals surface area contributed by atoms with Crippen molar-refractivity contribution >= 4 is 23.3 Å². The molecule has 0 fully saturated rings. The van der Waals surface area contributed by atoms with Gasteiger partial charge in [0.05, 0.1) is 5.02 Å². The molecule has 0 atom stereocenters. The number of aryl methyl sites for hydroxylation is 1. The molecule has 0 aromatic carbocycles. The molecular weight excluding hydrogens is 280 g/mol. The van der Waals surface area contributed by atoms with Gasteiger partial charge in [-0.1, -0.05) is 11.6 Å². The fraction of sp³-hybridized carbons (Fsp3) is 0.308. The predicted octanol–water partition coefficient (Wildman–Crippen LogP) is 2.35. The third kappa shape index (κ3) is 3.34. The first-order valence-electron chi connectivity index (χ1n) is 6.12. The second-order valence-corrected chi connectivity index (χ2v) is 4.51. The molecule has 1 N–H and O–H groups in total. The van der Waals surface area contributed by atoms with Gasteiger partial charge in [0.15, 0.2) is 5.82 Å². The molecule has 2 rings (SSSR count).